The fourth-order valence-corrected chi connectivity index (χ4v) is 4.84. The van der Waals surface area contributed by atoms with Gasteiger partial charge in [0.15, 0.2) is 0 Å². The second-order valence-electron chi connectivity index (χ2n) is 7.65. The van der Waals surface area contributed by atoms with E-state index >= 15 is 0 Å². The number of likely N-dealkylation sites (tertiary alicyclic amines) is 1. The van der Waals surface area contributed by atoms with Crippen molar-refractivity contribution in [2.24, 2.45) is 0 Å². The highest BCUT2D eigenvalue weighted by Crippen LogP contribution is 2.26. The van der Waals surface area contributed by atoms with Crippen LogP contribution in [-0.4, -0.2) is 50.8 Å². The molecule has 1 aliphatic heterocycles. The van der Waals surface area contributed by atoms with E-state index in [2.05, 4.69) is 10.0 Å². The van der Waals surface area contributed by atoms with Crippen LogP contribution in [0.25, 0.3) is 11.1 Å². The molecule has 8 heteroatoms. The third-order valence-electron chi connectivity index (χ3n) is 5.26. The molecule has 0 unspecified atom stereocenters. The van der Waals surface area contributed by atoms with Crippen LogP contribution in [0.4, 0.5) is 9.18 Å². The minimum atomic E-state index is -3.42. The van der Waals surface area contributed by atoms with Crippen LogP contribution >= 0.6 is 0 Å². The Morgan fingerprint density at radius 3 is 2.53 bits per heavy atom. The highest BCUT2D eigenvalue weighted by atomic mass is 32.2. The fraction of sp³-hybridized carbons (Fsp3) is 0.409. The Balaban J connectivity index is 1.90. The molecule has 0 saturated carbocycles. The van der Waals surface area contributed by atoms with Crippen molar-refractivity contribution in [1.29, 1.82) is 0 Å². The summed E-state index contributed by atoms with van der Waals surface area (Å²) in [5.41, 5.74) is 2.60. The van der Waals surface area contributed by atoms with Crippen molar-refractivity contribution in [2.75, 3.05) is 19.3 Å². The summed E-state index contributed by atoms with van der Waals surface area (Å²) >= 11 is 0. The Morgan fingerprint density at radius 1 is 1.17 bits per heavy atom. The first kappa shape index (κ1) is 22.2. The monoisotopic (exact) mass is 433 g/mol. The summed E-state index contributed by atoms with van der Waals surface area (Å²) in [6.45, 7) is 2.93. The van der Waals surface area contributed by atoms with Gasteiger partial charge < -0.3 is 10.2 Å². The van der Waals surface area contributed by atoms with Crippen molar-refractivity contribution in [3.63, 3.8) is 0 Å². The lowest BCUT2D eigenvalue weighted by molar-refractivity contribution is 0.134. The lowest BCUT2D eigenvalue weighted by Gasteiger charge is -2.41. The van der Waals surface area contributed by atoms with E-state index < -0.39 is 10.0 Å². The molecule has 1 saturated heterocycles. The first-order valence-electron chi connectivity index (χ1n) is 10.1. The third kappa shape index (κ3) is 5.79. The molecule has 30 heavy (non-hydrogen) atoms. The van der Waals surface area contributed by atoms with Gasteiger partial charge in [0.1, 0.15) is 5.82 Å². The highest BCUT2D eigenvalue weighted by molar-refractivity contribution is 7.88. The van der Waals surface area contributed by atoms with Crippen LogP contribution in [0.15, 0.2) is 48.5 Å². The second-order valence-corrected chi connectivity index (χ2v) is 9.43. The van der Waals surface area contributed by atoms with E-state index in [1.165, 1.54) is 12.1 Å². The number of halogens is 1. The number of urea groups is 1. The summed E-state index contributed by atoms with van der Waals surface area (Å²) < 4.78 is 40.2. The van der Waals surface area contributed by atoms with Crippen molar-refractivity contribution < 1.29 is 17.6 Å². The second kappa shape index (κ2) is 9.57. The van der Waals surface area contributed by atoms with Gasteiger partial charge in [-0.25, -0.2) is 22.3 Å². The summed E-state index contributed by atoms with van der Waals surface area (Å²) in [5, 5.41) is 2.83. The number of hydrogen-bond donors (Lipinski definition) is 2. The Labute approximate surface area is 177 Å². The van der Waals surface area contributed by atoms with Gasteiger partial charge in [0.05, 0.1) is 12.3 Å². The van der Waals surface area contributed by atoms with Crippen LogP contribution in [-0.2, 0) is 16.4 Å². The average molecular weight is 434 g/mol. The smallest absolute Gasteiger partial charge is 0.317 e. The molecule has 2 aromatic carbocycles. The van der Waals surface area contributed by atoms with Crippen molar-refractivity contribution in [3.05, 3.63) is 59.9 Å². The predicted octanol–water partition coefficient (Wildman–Crippen LogP) is 3.15. The SMILES string of the molecule is CCNC(=O)N1CCC[C@@H](NS(C)(=O)=O)[C@H]1Cc1cccc(-c2cccc(F)c2)c1. The fourth-order valence-electron chi connectivity index (χ4n) is 4.01. The minimum absolute atomic E-state index is 0.191. The molecule has 2 aromatic rings. The summed E-state index contributed by atoms with van der Waals surface area (Å²) in [6, 6.07) is 13.2. The minimum Gasteiger partial charge on any atom is -0.338 e. The average Bonchev–Trinajstić information content (AvgIpc) is 2.68. The van der Waals surface area contributed by atoms with Gasteiger partial charge in [-0.05, 0) is 55.0 Å². The first-order valence-corrected chi connectivity index (χ1v) is 12.0. The van der Waals surface area contributed by atoms with Gasteiger partial charge in [-0.1, -0.05) is 36.4 Å². The first-order chi connectivity index (χ1) is 14.3. The molecule has 6 nitrogen and oxygen atoms in total. The molecule has 1 fully saturated rings. The lowest BCUT2D eigenvalue weighted by atomic mass is 9.90. The van der Waals surface area contributed by atoms with Gasteiger partial charge in [-0.2, -0.15) is 0 Å². The normalized spacial score (nSPS) is 19.5. The van der Waals surface area contributed by atoms with Crippen molar-refractivity contribution in [2.45, 2.75) is 38.3 Å². The number of carbonyl (C=O) groups is 1. The number of benzene rings is 2. The van der Waals surface area contributed by atoms with E-state index in [0.29, 0.717) is 25.9 Å². The molecule has 3 rings (SSSR count). The third-order valence-corrected chi connectivity index (χ3v) is 5.99. The molecule has 2 N–H and O–H groups in total. The molecule has 162 valence electrons. The molecule has 0 aromatic heterocycles. The number of hydrogen-bond acceptors (Lipinski definition) is 3. The van der Waals surface area contributed by atoms with Gasteiger partial charge in [0.2, 0.25) is 10.0 Å². The maximum atomic E-state index is 13.6. The maximum Gasteiger partial charge on any atom is 0.317 e. The summed E-state index contributed by atoms with van der Waals surface area (Å²) in [7, 11) is -3.42. The molecule has 0 aliphatic carbocycles. The number of nitrogens with one attached hydrogen (secondary N) is 2. The maximum absolute atomic E-state index is 13.6. The van der Waals surface area contributed by atoms with E-state index in [0.717, 1.165) is 29.4 Å². The van der Waals surface area contributed by atoms with Crippen molar-refractivity contribution >= 4 is 16.1 Å². The van der Waals surface area contributed by atoms with Crippen LogP contribution in [0, 0.1) is 5.82 Å². The lowest BCUT2D eigenvalue weighted by Crippen LogP contribution is -2.59. The van der Waals surface area contributed by atoms with E-state index in [4.69, 9.17) is 0 Å². The van der Waals surface area contributed by atoms with Crippen LogP contribution in [0.2, 0.25) is 0 Å². The van der Waals surface area contributed by atoms with E-state index in [1.807, 2.05) is 37.3 Å². The Hall–Kier alpha value is -2.45. The predicted molar refractivity (Wildman–Crippen MR) is 116 cm³/mol. The Kier molecular flexibility index (Phi) is 7.10. The standard InChI is InChI=1S/C22H28FN3O3S/c1-3-24-22(27)26-12-6-11-20(25-30(2,28)29)21(26)14-16-7-4-8-17(13-16)18-9-5-10-19(23)15-18/h4-5,7-10,13,15,20-21,25H,3,6,11-12,14H2,1-2H3,(H,24,27)/t20-,21-/m1/s1. The number of rotatable bonds is 6. The number of nitrogens with zero attached hydrogens (tertiary/aromatic N) is 1. The zero-order chi connectivity index (χ0) is 21.7. The van der Waals surface area contributed by atoms with E-state index in [9.17, 15) is 17.6 Å². The molecular weight excluding hydrogens is 405 g/mol. The van der Waals surface area contributed by atoms with Crippen molar-refractivity contribution in [3.8, 4) is 11.1 Å². The van der Waals surface area contributed by atoms with Gasteiger partial charge in [-0.3, -0.25) is 0 Å². The molecule has 1 heterocycles. The molecule has 1 aliphatic rings. The van der Waals surface area contributed by atoms with Crippen LogP contribution < -0.4 is 10.0 Å². The Morgan fingerprint density at radius 2 is 1.87 bits per heavy atom. The summed E-state index contributed by atoms with van der Waals surface area (Å²) in [4.78, 5) is 14.4. The van der Waals surface area contributed by atoms with Crippen LogP contribution in [0.5, 0.6) is 0 Å². The quantitative estimate of drug-likeness (QED) is 0.735. The number of sulfonamides is 1. The molecule has 2 atom stereocenters. The number of piperidine rings is 1. The van der Waals surface area contributed by atoms with Gasteiger partial charge in [0, 0.05) is 19.1 Å². The van der Waals surface area contributed by atoms with Gasteiger partial charge >= 0.3 is 6.03 Å². The highest BCUT2D eigenvalue weighted by Gasteiger charge is 2.35. The zero-order valence-corrected chi connectivity index (χ0v) is 18.1. The van der Waals surface area contributed by atoms with Crippen molar-refractivity contribution in [1.82, 2.24) is 14.9 Å². The summed E-state index contributed by atoms with van der Waals surface area (Å²) in [5.74, 6) is -0.301. The van der Waals surface area contributed by atoms with Gasteiger partial charge in [-0.15, -0.1) is 0 Å². The number of amides is 2. The molecule has 0 bridgehead atoms. The molecular formula is C22H28FN3O3S. The summed E-state index contributed by atoms with van der Waals surface area (Å²) in [6.07, 6.45) is 3.02. The van der Waals surface area contributed by atoms with Crippen LogP contribution in [0.3, 0.4) is 0 Å². The molecule has 0 spiro atoms. The largest absolute Gasteiger partial charge is 0.338 e. The molecule has 0 radical (unpaired) electrons. The van der Waals surface area contributed by atoms with E-state index in [1.54, 1.807) is 11.0 Å². The topological polar surface area (TPSA) is 78.5 Å². The zero-order valence-electron chi connectivity index (χ0n) is 17.3. The Bertz CT molecular complexity index is 997. The van der Waals surface area contributed by atoms with E-state index in [-0.39, 0.29) is 23.9 Å². The van der Waals surface area contributed by atoms with Gasteiger partial charge in [0.25, 0.3) is 0 Å². The molecule has 2 amide bonds. The van der Waals surface area contributed by atoms with Crippen LogP contribution in [0.1, 0.15) is 25.3 Å². The number of carbonyl (C=O) groups excluding carboxylic acids is 1.